The van der Waals surface area contributed by atoms with Crippen LogP contribution in [0.15, 0.2) is 0 Å². The lowest BCUT2D eigenvalue weighted by Gasteiger charge is -2.30. The first-order valence-electron chi connectivity index (χ1n) is 6.07. The Morgan fingerprint density at radius 2 is 2.07 bits per heavy atom. The second kappa shape index (κ2) is 5.83. The molecule has 0 radical (unpaired) electrons. The quantitative estimate of drug-likeness (QED) is 0.718. The van der Waals surface area contributed by atoms with Gasteiger partial charge in [-0.05, 0) is 25.8 Å². The summed E-state index contributed by atoms with van der Waals surface area (Å²) in [5, 5.41) is 0. The van der Waals surface area contributed by atoms with Gasteiger partial charge in [-0.1, -0.05) is 13.8 Å². The maximum Gasteiger partial charge on any atom is 0.0716 e. The van der Waals surface area contributed by atoms with Crippen LogP contribution in [0.3, 0.4) is 0 Å². The minimum Gasteiger partial charge on any atom is -0.383 e. The number of rotatable bonds is 3. The Kier molecular flexibility index (Phi) is 5.03. The van der Waals surface area contributed by atoms with Crippen molar-refractivity contribution in [3.05, 3.63) is 0 Å². The SMILES string of the molecule is CC.COC[C@]12CCCN1C[C@H](OC)C2. The Morgan fingerprint density at radius 1 is 1.33 bits per heavy atom. The van der Waals surface area contributed by atoms with Gasteiger partial charge in [-0.3, -0.25) is 4.90 Å². The summed E-state index contributed by atoms with van der Waals surface area (Å²) in [4.78, 5) is 2.55. The van der Waals surface area contributed by atoms with Gasteiger partial charge in [0.15, 0.2) is 0 Å². The number of ether oxygens (including phenoxy) is 2. The Balaban J connectivity index is 0.000000531. The maximum absolute atomic E-state index is 5.42. The third kappa shape index (κ3) is 2.52. The van der Waals surface area contributed by atoms with Crippen molar-refractivity contribution in [2.75, 3.05) is 33.9 Å². The fraction of sp³-hybridized carbons (Fsp3) is 1.00. The Labute approximate surface area is 93.7 Å². The van der Waals surface area contributed by atoms with Crippen molar-refractivity contribution >= 4 is 0 Å². The van der Waals surface area contributed by atoms with Crippen molar-refractivity contribution < 1.29 is 9.47 Å². The Bertz CT molecular complexity index is 186. The Hall–Kier alpha value is -0.120. The van der Waals surface area contributed by atoms with Crippen LogP contribution in [0.5, 0.6) is 0 Å². The molecule has 2 aliphatic rings. The molecule has 2 aliphatic heterocycles. The van der Waals surface area contributed by atoms with Gasteiger partial charge >= 0.3 is 0 Å². The van der Waals surface area contributed by atoms with E-state index in [0.29, 0.717) is 11.6 Å². The van der Waals surface area contributed by atoms with E-state index in [-0.39, 0.29) is 0 Å². The van der Waals surface area contributed by atoms with Crippen molar-refractivity contribution in [2.45, 2.75) is 44.8 Å². The number of fused-ring (bicyclic) bond motifs is 1. The molecular formula is C12H25NO2. The van der Waals surface area contributed by atoms with E-state index in [1.165, 1.54) is 19.4 Å². The predicted octanol–water partition coefficient (Wildman–Crippen LogP) is 1.91. The molecule has 90 valence electrons. The molecule has 2 heterocycles. The summed E-state index contributed by atoms with van der Waals surface area (Å²) >= 11 is 0. The molecule has 3 nitrogen and oxygen atoms in total. The summed E-state index contributed by atoms with van der Waals surface area (Å²) in [7, 11) is 3.61. The first kappa shape index (κ1) is 12.9. The number of nitrogens with zero attached hydrogens (tertiary/aromatic N) is 1. The summed E-state index contributed by atoms with van der Waals surface area (Å²) in [6, 6.07) is 0. The molecule has 0 bridgehead atoms. The highest BCUT2D eigenvalue weighted by atomic mass is 16.5. The highest BCUT2D eigenvalue weighted by molar-refractivity contribution is 5.03. The van der Waals surface area contributed by atoms with E-state index in [0.717, 1.165) is 19.6 Å². The van der Waals surface area contributed by atoms with Gasteiger partial charge in [0.25, 0.3) is 0 Å². The van der Waals surface area contributed by atoms with Crippen LogP contribution in [0.4, 0.5) is 0 Å². The monoisotopic (exact) mass is 215 g/mol. The summed E-state index contributed by atoms with van der Waals surface area (Å²) in [6.45, 7) is 7.19. The Morgan fingerprint density at radius 3 is 2.67 bits per heavy atom. The number of hydrogen-bond donors (Lipinski definition) is 0. The normalized spacial score (nSPS) is 34.8. The van der Waals surface area contributed by atoms with Crippen LogP contribution in [-0.2, 0) is 9.47 Å². The van der Waals surface area contributed by atoms with E-state index in [4.69, 9.17) is 9.47 Å². The summed E-state index contributed by atoms with van der Waals surface area (Å²) < 4.78 is 10.7. The van der Waals surface area contributed by atoms with Crippen molar-refractivity contribution in [2.24, 2.45) is 0 Å². The fourth-order valence-corrected chi connectivity index (χ4v) is 2.89. The molecule has 3 heteroatoms. The molecule has 0 spiro atoms. The molecule has 0 amide bonds. The van der Waals surface area contributed by atoms with Crippen LogP contribution in [0.1, 0.15) is 33.1 Å². The van der Waals surface area contributed by atoms with Gasteiger partial charge in [-0.2, -0.15) is 0 Å². The van der Waals surface area contributed by atoms with Crippen molar-refractivity contribution in [1.82, 2.24) is 4.90 Å². The molecule has 2 saturated heterocycles. The molecule has 0 unspecified atom stereocenters. The first-order chi connectivity index (χ1) is 7.30. The molecule has 15 heavy (non-hydrogen) atoms. The van der Waals surface area contributed by atoms with E-state index in [2.05, 4.69) is 4.90 Å². The topological polar surface area (TPSA) is 21.7 Å². The largest absolute Gasteiger partial charge is 0.383 e. The summed E-state index contributed by atoms with van der Waals surface area (Å²) in [5.41, 5.74) is 0.315. The van der Waals surface area contributed by atoms with E-state index >= 15 is 0 Å². The first-order valence-corrected chi connectivity index (χ1v) is 6.07. The lowest BCUT2D eigenvalue weighted by molar-refractivity contribution is 0.0632. The smallest absolute Gasteiger partial charge is 0.0716 e. The lowest BCUT2D eigenvalue weighted by atomic mass is 9.94. The van der Waals surface area contributed by atoms with Crippen molar-refractivity contribution in [3.8, 4) is 0 Å². The standard InChI is InChI=1S/C10H19NO2.C2H6/c1-12-8-10-4-3-5-11(10)7-9(6-10)13-2;1-2/h9H,3-8H2,1-2H3;1-2H3/t9-,10-;/m1./s1. The van der Waals surface area contributed by atoms with Crippen LogP contribution in [-0.4, -0.2) is 50.5 Å². The molecule has 0 saturated carbocycles. The van der Waals surface area contributed by atoms with Gasteiger partial charge in [0, 0.05) is 26.3 Å². The maximum atomic E-state index is 5.42. The van der Waals surface area contributed by atoms with Crippen molar-refractivity contribution in [1.29, 1.82) is 0 Å². The lowest BCUT2D eigenvalue weighted by Crippen LogP contribution is -2.42. The molecule has 0 aromatic rings. The molecule has 0 aromatic carbocycles. The van der Waals surface area contributed by atoms with Crippen LogP contribution in [0.2, 0.25) is 0 Å². The van der Waals surface area contributed by atoms with E-state index < -0.39 is 0 Å². The van der Waals surface area contributed by atoms with E-state index in [1.54, 1.807) is 7.11 Å². The molecule has 0 aromatic heterocycles. The third-order valence-electron chi connectivity index (χ3n) is 3.52. The zero-order chi connectivity index (χ0) is 11.3. The van der Waals surface area contributed by atoms with Crippen LogP contribution >= 0.6 is 0 Å². The zero-order valence-corrected chi connectivity index (χ0v) is 10.6. The van der Waals surface area contributed by atoms with Crippen LogP contribution in [0.25, 0.3) is 0 Å². The average molecular weight is 215 g/mol. The third-order valence-corrected chi connectivity index (χ3v) is 3.52. The van der Waals surface area contributed by atoms with Gasteiger partial charge in [0.2, 0.25) is 0 Å². The average Bonchev–Trinajstić information content (AvgIpc) is 2.77. The fourth-order valence-electron chi connectivity index (χ4n) is 2.89. The highest BCUT2D eigenvalue weighted by Gasteiger charge is 2.48. The van der Waals surface area contributed by atoms with Gasteiger partial charge < -0.3 is 9.47 Å². The van der Waals surface area contributed by atoms with Gasteiger partial charge in [-0.25, -0.2) is 0 Å². The molecule has 0 N–H and O–H groups in total. The minimum atomic E-state index is 0.315. The molecule has 0 aliphatic carbocycles. The highest BCUT2D eigenvalue weighted by Crippen LogP contribution is 2.39. The molecular weight excluding hydrogens is 190 g/mol. The van der Waals surface area contributed by atoms with Crippen molar-refractivity contribution in [3.63, 3.8) is 0 Å². The number of hydrogen-bond acceptors (Lipinski definition) is 3. The molecule has 2 atom stereocenters. The van der Waals surface area contributed by atoms with Crippen LogP contribution < -0.4 is 0 Å². The van der Waals surface area contributed by atoms with Crippen LogP contribution in [0, 0.1) is 0 Å². The van der Waals surface area contributed by atoms with E-state index in [1.807, 2.05) is 21.0 Å². The summed E-state index contributed by atoms with van der Waals surface area (Å²) in [6.07, 6.45) is 4.17. The van der Waals surface area contributed by atoms with Gasteiger partial charge in [0.05, 0.1) is 12.7 Å². The molecule has 2 fully saturated rings. The minimum absolute atomic E-state index is 0.315. The molecule has 2 rings (SSSR count). The van der Waals surface area contributed by atoms with E-state index in [9.17, 15) is 0 Å². The van der Waals surface area contributed by atoms with Gasteiger partial charge in [0.1, 0.15) is 0 Å². The predicted molar refractivity (Wildman–Crippen MR) is 62.2 cm³/mol. The van der Waals surface area contributed by atoms with Gasteiger partial charge in [-0.15, -0.1) is 0 Å². The number of methoxy groups -OCH3 is 2. The second-order valence-corrected chi connectivity index (χ2v) is 4.27. The zero-order valence-electron chi connectivity index (χ0n) is 10.6. The summed E-state index contributed by atoms with van der Waals surface area (Å²) in [5.74, 6) is 0. The second-order valence-electron chi connectivity index (χ2n) is 4.27.